The molecule has 224 valence electrons. The van der Waals surface area contributed by atoms with E-state index in [9.17, 15) is 18.0 Å². The highest BCUT2D eigenvalue weighted by Crippen LogP contribution is 2.29. The second-order valence-corrected chi connectivity index (χ2v) is 13.6. The number of carbonyl (C=O) groups is 2. The Balaban J connectivity index is 1.71. The van der Waals surface area contributed by atoms with Gasteiger partial charge < -0.3 is 10.2 Å². The first-order valence-electron chi connectivity index (χ1n) is 14.5. The van der Waals surface area contributed by atoms with Crippen LogP contribution in [0, 0.1) is 20.8 Å². The molecule has 0 aromatic heterocycles. The standard InChI is InChI=1S/C33H40ClN3O4S/c1-23-14-17-30(18-15-23)42(40,41)37(31-19-24(2)13-16-25(31)3)22-32(38)36(21-27-9-8-10-28(34)20-27)26(4)33(39)35-29-11-6-5-7-12-29/h8-10,13-20,26,29H,5-7,11-12,21-22H2,1-4H3,(H,35,39)/t26-/m1/s1. The summed E-state index contributed by atoms with van der Waals surface area (Å²) in [5, 5.41) is 3.64. The lowest BCUT2D eigenvalue weighted by atomic mass is 9.95. The molecule has 0 bridgehead atoms. The van der Waals surface area contributed by atoms with Gasteiger partial charge in [0.25, 0.3) is 10.0 Å². The minimum absolute atomic E-state index is 0.0742. The third-order valence-corrected chi connectivity index (χ3v) is 9.89. The topological polar surface area (TPSA) is 86.8 Å². The first kappa shape index (κ1) is 31.6. The number of sulfonamides is 1. The molecule has 0 aliphatic heterocycles. The maximum absolute atomic E-state index is 14.2. The molecule has 1 N–H and O–H groups in total. The Hall–Kier alpha value is -3.36. The Kier molecular flexibility index (Phi) is 10.3. The number of hydrogen-bond donors (Lipinski definition) is 1. The molecule has 0 saturated heterocycles. The first-order valence-corrected chi connectivity index (χ1v) is 16.3. The number of aryl methyl sites for hydroxylation is 3. The Morgan fingerprint density at radius 3 is 2.26 bits per heavy atom. The number of carbonyl (C=O) groups excluding carboxylic acids is 2. The van der Waals surface area contributed by atoms with Gasteiger partial charge in [-0.1, -0.05) is 72.8 Å². The van der Waals surface area contributed by atoms with Gasteiger partial charge in [0.2, 0.25) is 11.8 Å². The molecule has 1 aliphatic rings. The van der Waals surface area contributed by atoms with Crippen LogP contribution in [-0.2, 0) is 26.2 Å². The van der Waals surface area contributed by atoms with Gasteiger partial charge in [-0.2, -0.15) is 0 Å². The van der Waals surface area contributed by atoms with Gasteiger partial charge in [0.05, 0.1) is 10.6 Å². The highest BCUT2D eigenvalue weighted by molar-refractivity contribution is 7.92. The van der Waals surface area contributed by atoms with E-state index in [1.54, 1.807) is 55.5 Å². The summed E-state index contributed by atoms with van der Waals surface area (Å²) in [7, 11) is -4.12. The minimum Gasteiger partial charge on any atom is -0.352 e. The number of benzene rings is 3. The van der Waals surface area contributed by atoms with Crippen molar-refractivity contribution in [3.63, 3.8) is 0 Å². The van der Waals surface area contributed by atoms with E-state index in [1.807, 2.05) is 39.0 Å². The first-order chi connectivity index (χ1) is 20.0. The number of nitrogens with zero attached hydrogens (tertiary/aromatic N) is 2. The van der Waals surface area contributed by atoms with E-state index in [-0.39, 0.29) is 23.4 Å². The Morgan fingerprint density at radius 2 is 1.60 bits per heavy atom. The van der Waals surface area contributed by atoms with Gasteiger partial charge in [-0.3, -0.25) is 13.9 Å². The molecule has 7 nitrogen and oxygen atoms in total. The smallest absolute Gasteiger partial charge is 0.264 e. The average Bonchev–Trinajstić information content (AvgIpc) is 2.96. The quantitative estimate of drug-likeness (QED) is 0.291. The third kappa shape index (κ3) is 7.72. The van der Waals surface area contributed by atoms with Gasteiger partial charge in [0, 0.05) is 17.6 Å². The molecule has 1 saturated carbocycles. The highest BCUT2D eigenvalue weighted by Gasteiger charge is 2.33. The van der Waals surface area contributed by atoms with Gasteiger partial charge in [-0.05, 0) is 87.6 Å². The Morgan fingerprint density at radius 1 is 0.929 bits per heavy atom. The van der Waals surface area contributed by atoms with Crippen LogP contribution in [0.15, 0.2) is 71.6 Å². The molecular weight excluding hydrogens is 570 g/mol. The second kappa shape index (κ2) is 13.7. The third-order valence-electron chi connectivity index (χ3n) is 7.88. The minimum atomic E-state index is -4.12. The van der Waals surface area contributed by atoms with E-state index in [1.165, 1.54) is 9.21 Å². The predicted octanol–water partition coefficient (Wildman–Crippen LogP) is 6.33. The molecule has 2 amide bonds. The fraction of sp³-hybridized carbons (Fsp3) is 0.394. The number of halogens is 1. The van der Waals surface area contributed by atoms with Crippen LogP contribution >= 0.6 is 11.6 Å². The van der Waals surface area contributed by atoms with Gasteiger partial charge in [0.1, 0.15) is 12.6 Å². The van der Waals surface area contributed by atoms with Crippen molar-refractivity contribution in [2.45, 2.75) is 83.3 Å². The van der Waals surface area contributed by atoms with Crippen molar-refractivity contribution in [2.75, 3.05) is 10.8 Å². The zero-order chi connectivity index (χ0) is 30.4. The van der Waals surface area contributed by atoms with Crippen molar-refractivity contribution >= 4 is 39.1 Å². The fourth-order valence-corrected chi connectivity index (χ4v) is 7.01. The normalized spacial score (nSPS) is 14.7. The molecule has 3 aromatic carbocycles. The summed E-state index contributed by atoms with van der Waals surface area (Å²) < 4.78 is 29.4. The van der Waals surface area contributed by atoms with E-state index in [0.717, 1.165) is 48.8 Å². The molecule has 0 spiro atoms. The van der Waals surface area contributed by atoms with E-state index in [2.05, 4.69) is 5.32 Å². The van der Waals surface area contributed by atoms with Gasteiger partial charge >= 0.3 is 0 Å². The van der Waals surface area contributed by atoms with Crippen LogP contribution in [0.4, 0.5) is 5.69 Å². The molecule has 42 heavy (non-hydrogen) atoms. The van der Waals surface area contributed by atoms with Gasteiger partial charge in [-0.15, -0.1) is 0 Å². The summed E-state index contributed by atoms with van der Waals surface area (Å²) in [6.07, 6.45) is 5.11. The van der Waals surface area contributed by atoms with Crippen molar-refractivity contribution in [1.29, 1.82) is 0 Å². The van der Waals surface area contributed by atoms with Crippen LogP contribution in [0.25, 0.3) is 0 Å². The average molecular weight is 610 g/mol. The van der Waals surface area contributed by atoms with Crippen molar-refractivity contribution in [3.8, 4) is 0 Å². The summed E-state index contributed by atoms with van der Waals surface area (Å²) in [5.41, 5.74) is 3.67. The maximum Gasteiger partial charge on any atom is 0.264 e. The highest BCUT2D eigenvalue weighted by atomic mass is 35.5. The van der Waals surface area contributed by atoms with Crippen LogP contribution in [0.3, 0.4) is 0 Å². The molecule has 9 heteroatoms. The van der Waals surface area contributed by atoms with Crippen molar-refractivity contribution < 1.29 is 18.0 Å². The SMILES string of the molecule is Cc1ccc(S(=O)(=O)N(CC(=O)N(Cc2cccc(Cl)c2)[C@H](C)C(=O)NC2CCCCC2)c2cc(C)ccc2C)cc1. The van der Waals surface area contributed by atoms with Crippen molar-refractivity contribution in [3.05, 3.63) is 94.0 Å². The summed E-state index contributed by atoms with van der Waals surface area (Å²) in [5.74, 6) is -0.741. The van der Waals surface area contributed by atoms with E-state index >= 15 is 0 Å². The summed E-state index contributed by atoms with van der Waals surface area (Å²) in [4.78, 5) is 29.2. The molecule has 0 unspecified atom stereocenters. The van der Waals surface area contributed by atoms with Gasteiger partial charge in [-0.25, -0.2) is 8.42 Å². The number of rotatable bonds is 10. The lowest BCUT2D eigenvalue weighted by Gasteiger charge is -2.33. The number of hydrogen-bond acceptors (Lipinski definition) is 4. The van der Waals surface area contributed by atoms with E-state index in [0.29, 0.717) is 16.3 Å². The maximum atomic E-state index is 14.2. The summed E-state index contributed by atoms with van der Waals surface area (Å²) >= 11 is 6.24. The van der Waals surface area contributed by atoms with Crippen LogP contribution in [0.5, 0.6) is 0 Å². The number of anilines is 1. The second-order valence-electron chi connectivity index (χ2n) is 11.3. The molecule has 0 heterocycles. The summed E-state index contributed by atoms with van der Waals surface area (Å²) in [6.45, 7) is 6.91. The van der Waals surface area contributed by atoms with Crippen LogP contribution < -0.4 is 9.62 Å². The molecule has 1 fully saturated rings. The Bertz CT molecular complexity index is 1520. The number of amides is 2. The molecular formula is C33H40ClN3O4S. The fourth-order valence-electron chi connectivity index (χ4n) is 5.32. The van der Waals surface area contributed by atoms with Crippen LogP contribution in [0.1, 0.15) is 61.3 Å². The summed E-state index contributed by atoms with van der Waals surface area (Å²) in [6, 6.07) is 18.5. The molecule has 0 radical (unpaired) electrons. The van der Waals surface area contributed by atoms with E-state index in [4.69, 9.17) is 11.6 Å². The zero-order valence-corrected chi connectivity index (χ0v) is 26.3. The number of nitrogens with one attached hydrogen (secondary N) is 1. The monoisotopic (exact) mass is 609 g/mol. The van der Waals surface area contributed by atoms with Crippen molar-refractivity contribution in [2.24, 2.45) is 0 Å². The van der Waals surface area contributed by atoms with Crippen LogP contribution in [0.2, 0.25) is 5.02 Å². The molecule has 3 aromatic rings. The van der Waals surface area contributed by atoms with Crippen LogP contribution in [-0.4, -0.2) is 43.8 Å². The predicted molar refractivity (Wildman–Crippen MR) is 168 cm³/mol. The lowest BCUT2D eigenvalue weighted by molar-refractivity contribution is -0.139. The lowest BCUT2D eigenvalue weighted by Crippen LogP contribution is -2.53. The molecule has 1 atom stereocenters. The van der Waals surface area contributed by atoms with Gasteiger partial charge in [0.15, 0.2) is 0 Å². The largest absolute Gasteiger partial charge is 0.352 e. The van der Waals surface area contributed by atoms with Crippen molar-refractivity contribution in [1.82, 2.24) is 10.2 Å². The zero-order valence-electron chi connectivity index (χ0n) is 24.8. The molecule has 4 rings (SSSR count). The molecule has 1 aliphatic carbocycles. The Labute approximate surface area is 254 Å². The van der Waals surface area contributed by atoms with E-state index < -0.39 is 28.5 Å².